The van der Waals surface area contributed by atoms with Crippen LogP contribution in [0.2, 0.25) is 5.02 Å². The van der Waals surface area contributed by atoms with Crippen LogP contribution in [0.3, 0.4) is 0 Å². The molecule has 0 saturated carbocycles. The van der Waals surface area contributed by atoms with Crippen LogP contribution in [0, 0.1) is 0 Å². The van der Waals surface area contributed by atoms with E-state index >= 15 is 0 Å². The first-order valence-corrected chi connectivity index (χ1v) is 8.01. The zero-order valence-corrected chi connectivity index (χ0v) is 12.6. The first kappa shape index (κ1) is 13.1. The van der Waals surface area contributed by atoms with Crippen LogP contribution in [0.25, 0.3) is 0 Å². The molecule has 0 aliphatic heterocycles. The topological polar surface area (TPSA) is 0 Å². The number of alkyl halides is 1. The van der Waals surface area contributed by atoms with Crippen molar-refractivity contribution in [1.29, 1.82) is 0 Å². The van der Waals surface area contributed by atoms with Crippen LogP contribution >= 0.6 is 38.9 Å². The summed E-state index contributed by atoms with van der Waals surface area (Å²) < 4.78 is 0. The molecule has 1 atom stereocenters. The van der Waals surface area contributed by atoms with Crippen LogP contribution in [0.15, 0.2) is 41.8 Å². The molecule has 0 saturated heterocycles. The van der Waals surface area contributed by atoms with Crippen LogP contribution in [0.4, 0.5) is 0 Å². The summed E-state index contributed by atoms with van der Waals surface area (Å²) in [5.41, 5.74) is 1.36. The molecular formula is C14H14BrClS. The average Bonchev–Trinajstić information content (AvgIpc) is 2.85. The highest BCUT2D eigenvalue weighted by atomic mass is 79.9. The summed E-state index contributed by atoms with van der Waals surface area (Å²) in [5.74, 6) is 0.564. The third kappa shape index (κ3) is 3.84. The molecule has 0 bridgehead atoms. The van der Waals surface area contributed by atoms with Gasteiger partial charge in [-0.25, -0.2) is 0 Å². The molecule has 3 heteroatoms. The molecule has 1 aromatic heterocycles. The lowest BCUT2D eigenvalue weighted by Gasteiger charge is -2.14. The second kappa shape index (κ2) is 6.58. The first-order chi connectivity index (χ1) is 8.29. The van der Waals surface area contributed by atoms with E-state index in [2.05, 4.69) is 45.6 Å². The van der Waals surface area contributed by atoms with Gasteiger partial charge in [0, 0.05) is 15.2 Å². The molecule has 2 aromatic rings. The molecule has 0 spiro atoms. The minimum Gasteiger partial charge on any atom is -0.149 e. The van der Waals surface area contributed by atoms with E-state index in [0.717, 1.165) is 16.8 Å². The number of aryl methyl sites for hydroxylation is 1. The summed E-state index contributed by atoms with van der Waals surface area (Å²) in [5, 5.41) is 3.95. The zero-order valence-electron chi connectivity index (χ0n) is 9.40. The molecule has 0 aliphatic rings. The second-order valence-corrected chi connectivity index (χ2v) is 6.14. The van der Waals surface area contributed by atoms with Crippen molar-refractivity contribution >= 4 is 38.9 Å². The van der Waals surface area contributed by atoms with Gasteiger partial charge in [-0.15, -0.1) is 11.3 Å². The van der Waals surface area contributed by atoms with Gasteiger partial charge >= 0.3 is 0 Å². The molecule has 0 aliphatic carbocycles. The lowest BCUT2D eigenvalue weighted by Crippen LogP contribution is -2.01. The fourth-order valence-corrected chi connectivity index (χ4v) is 3.39. The minimum absolute atomic E-state index is 0.564. The van der Waals surface area contributed by atoms with Gasteiger partial charge in [0.2, 0.25) is 0 Å². The first-order valence-electron chi connectivity index (χ1n) is 5.63. The SMILES string of the molecule is Clc1ccc(C(CBr)CCc2cccs2)cc1. The third-order valence-electron chi connectivity index (χ3n) is 2.85. The van der Waals surface area contributed by atoms with Crippen molar-refractivity contribution in [3.63, 3.8) is 0 Å². The largest absolute Gasteiger partial charge is 0.149 e. The van der Waals surface area contributed by atoms with Crippen molar-refractivity contribution in [3.05, 3.63) is 57.2 Å². The van der Waals surface area contributed by atoms with Crippen LogP contribution < -0.4 is 0 Å². The molecule has 90 valence electrons. The van der Waals surface area contributed by atoms with E-state index in [1.54, 1.807) is 0 Å². The molecule has 0 amide bonds. The Labute approximate surface area is 120 Å². The molecule has 2 rings (SSSR count). The van der Waals surface area contributed by atoms with E-state index < -0.39 is 0 Å². The maximum absolute atomic E-state index is 5.91. The van der Waals surface area contributed by atoms with E-state index in [1.807, 2.05) is 23.5 Å². The molecule has 1 aromatic carbocycles. The number of halogens is 2. The van der Waals surface area contributed by atoms with Gasteiger partial charge < -0.3 is 0 Å². The summed E-state index contributed by atoms with van der Waals surface area (Å²) in [4.78, 5) is 1.46. The molecule has 0 radical (unpaired) electrons. The van der Waals surface area contributed by atoms with Crippen molar-refractivity contribution in [3.8, 4) is 0 Å². The molecule has 0 nitrogen and oxygen atoms in total. The zero-order chi connectivity index (χ0) is 12.1. The molecule has 1 heterocycles. The van der Waals surface area contributed by atoms with E-state index in [0.29, 0.717) is 5.92 Å². The van der Waals surface area contributed by atoms with Gasteiger partial charge in [-0.2, -0.15) is 0 Å². The quantitative estimate of drug-likeness (QED) is 0.634. The smallest absolute Gasteiger partial charge is 0.0406 e. The van der Waals surface area contributed by atoms with E-state index in [4.69, 9.17) is 11.6 Å². The normalized spacial score (nSPS) is 12.6. The summed E-state index contributed by atoms with van der Waals surface area (Å²) in [6, 6.07) is 12.5. The fourth-order valence-electron chi connectivity index (χ4n) is 1.84. The minimum atomic E-state index is 0.564. The lowest BCUT2D eigenvalue weighted by molar-refractivity contribution is 0.697. The molecule has 1 unspecified atom stereocenters. The van der Waals surface area contributed by atoms with Crippen molar-refractivity contribution in [2.75, 3.05) is 5.33 Å². The van der Waals surface area contributed by atoms with Gasteiger partial charge in [0.15, 0.2) is 0 Å². The Bertz CT molecular complexity index is 436. The predicted octanol–water partition coefficient (Wildman–Crippen LogP) is 5.51. The Balaban J connectivity index is 1.99. The predicted molar refractivity (Wildman–Crippen MR) is 80.6 cm³/mol. The summed E-state index contributed by atoms with van der Waals surface area (Å²) in [6.07, 6.45) is 2.32. The Hall–Kier alpha value is -0.310. The number of hydrogen-bond donors (Lipinski definition) is 0. The monoisotopic (exact) mass is 328 g/mol. The Morgan fingerprint density at radius 2 is 1.94 bits per heavy atom. The van der Waals surface area contributed by atoms with E-state index in [1.165, 1.54) is 16.9 Å². The Morgan fingerprint density at radius 3 is 2.53 bits per heavy atom. The van der Waals surface area contributed by atoms with Crippen molar-refractivity contribution in [2.24, 2.45) is 0 Å². The van der Waals surface area contributed by atoms with E-state index in [-0.39, 0.29) is 0 Å². The fraction of sp³-hybridized carbons (Fsp3) is 0.286. The highest BCUT2D eigenvalue weighted by Crippen LogP contribution is 2.26. The van der Waals surface area contributed by atoms with Crippen molar-refractivity contribution in [1.82, 2.24) is 0 Å². The number of hydrogen-bond acceptors (Lipinski definition) is 1. The van der Waals surface area contributed by atoms with Crippen molar-refractivity contribution in [2.45, 2.75) is 18.8 Å². The van der Waals surface area contributed by atoms with Crippen LogP contribution in [-0.4, -0.2) is 5.33 Å². The Morgan fingerprint density at radius 1 is 1.18 bits per heavy atom. The maximum atomic E-state index is 5.91. The number of rotatable bonds is 5. The van der Waals surface area contributed by atoms with Gasteiger partial charge in [-0.1, -0.05) is 45.7 Å². The lowest BCUT2D eigenvalue weighted by atomic mass is 9.96. The standard InChI is InChI=1S/C14H14BrClS/c15-10-12(5-8-14-2-1-9-17-14)11-3-6-13(16)7-4-11/h1-4,6-7,9,12H,5,8,10H2. The Kier molecular flexibility index (Phi) is 5.08. The highest BCUT2D eigenvalue weighted by Gasteiger charge is 2.10. The van der Waals surface area contributed by atoms with Gasteiger partial charge in [0.1, 0.15) is 0 Å². The summed E-state index contributed by atoms with van der Waals surface area (Å²) in [7, 11) is 0. The van der Waals surface area contributed by atoms with E-state index in [9.17, 15) is 0 Å². The summed E-state index contributed by atoms with van der Waals surface area (Å²) >= 11 is 11.4. The van der Waals surface area contributed by atoms with Gasteiger partial charge in [0.25, 0.3) is 0 Å². The van der Waals surface area contributed by atoms with Crippen LogP contribution in [-0.2, 0) is 6.42 Å². The molecule has 0 fully saturated rings. The van der Waals surface area contributed by atoms with Crippen molar-refractivity contribution < 1.29 is 0 Å². The van der Waals surface area contributed by atoms with Crippen LogP contribution in [0.5, 0.6) is 0 Å². The highest BCUT2D eigenvalue weighted by molar-refractivity contribution is 9.09. The molecule has 17 heavy (non-hydrogen) atoms. The molecule has 0 N–H and O–H groups in total. The number of thiophene rings is 1. The average molecular weight is 330 g/mol. The third-order valence-corrected chi connectivity index (χ3v) is 4.82. The maximum Gasteiger partial charge on any atom is 0.0406 e. The summed E-state index contributed by atoms with van der Waals surface area (Å²) in [6.45, 7) is 0. The van der Waals surface area contributed by atoms with Gasteiger partial charge in [0.05, 0.1) is 0 Å². The number of benzene rings is 1. The van der Waals surface area contributed by atoms with Gasteiger partial charge in [-0.05, 0) is 47.9 Å². The molecular weight excluding hydrogens is 316 g/mol. The van der Waals surface area contributed by atoms with Gasteiger partial charge in [-0.3, -0.25) is 0 Å². The van der Waals surface area contributed by atoms with Crippen LogP contribution in [0.1, 0.15) is 22.8 Å². The second-order valence-electron chi connectivity index (χ2n) is 4.02.